The molecule has 0 unspecified atom stereocenters. The van der Waals surface area contributed by atoms with Crippen molar-refractivity contribution < 1.29 is 0 Å². The van der Waals surface area contributed by atoms with E-state index in [1.165, 1.54) is 18.7 Å². The minimum absolute atomic E-state index is 0.312. The fourth-order valence-electron chi connectivity index (χ4n) is 1.93. The molecule has 0 amide bonds. The van der Waals surface area contributed by atoms with Crippen LogP contribution in [0.3, 0.4) is 0 Å². The summed E-state index contributed by atoms with van der Waals surface area (Å²) in [6, 6.07) is 0. The minimum Gasteiger partial charge on any atom is -0.358 e. The Hall–Kier alpha value is -0.530. The molecule has 1 aliphatic rings. The van der Waals surface area contributed by atoms with E-state index in [-0.39, 0.29) is 0 Å². The van der Waals surface area contributed by atoms with Crippen LogP contribution in [0.1, 0.15) is 40.5 Å². The second-order valence-corrected chi connectivity index (χ2v) is 4.05. The van der Waals surface area contributed by atoms with E-state index < -0.39 is 0 Å². The fraction of sp³-hybridized carbons (Fsp3) is 0.909. The minimum atomic E-state index is 0.312. The van der Waals surface area contributed by atoms with Gasteiger partial charge in [-0.15, -0.1) is 0 Å². The highest BCUT2D eigenvalue weighted by molar-refractivity contribution is 5.89. The maximum absolute atomic E-state index is 4.64. The summed E-state index contributed by atoms with van der Waals surface area (Å²) in [6.45, 7) is 12.3. The van der Waals surface area contributed by atoms with Crippen molar-refractivity contribution in [3.05, 3.63) is 0 Å². The van der Waals surface area contributed by atoms with Gasteiger partial charge in [-0.25, -0.2) is 0 Å². The normalized spacial score (nSPS) is 17.8. The zero-order chi connectivity index (χ0) is 9.90. The van der Waals surface area contributed by atoms with Crippen LogP contribution in [0.2, 0.25) is 0 Å². The van der Waals surface area contributed by atoms with E-state index in [0.29, 0.717) is 5.41 Å². The van der Waals surface area contributed by atoms with Crippen LogP contribution < -0.4 is 0 Å². The van der Waals surface area contributed by atoms with Gasteiger partial charge < -0.3 is 4.90 Å². The van der Waals surface area contributed by atoms with Gasteiger partial charge in [0.1, 0.15) is 5.84 Å². The number of hydrogen-bond donors (Lipinski definition) is 0. The van der Waals surface area contributed by atoms with Crippen molar-refractivity contribution in [2.75, 3.05) is 19.6 Å². The molecule has 0 radical (unpaired) electrons. The zero-order valence-corrected chi connectivity index (χ0v) is 9.43. The van der Waals surface area contributed by atoms with Gasteiger partial charge in [0.05, 0.1) is 6.54 Å². The van der Waals surface area contributed by atoms with E-state index in [0.717, 1.165) is 19.6 Å². The van der Waals surface area contributed by atoms with Crippen molar-refractivity contribution >= 4 is 5.84 Å². The van der Waals surface area contributed by atoms with Gasteiger partial charge in [-0.2, -0.15) is 0 Å². The molecule has 0 aliphatic carbocycles. The molecular weight excluding hydrogens is 160 g/mol. The Bertz CT molecular complexity index is 192. The van der Waals surface area contributed by atoms with E-state index in [1.54, 1.807) is 0 Å². The molecule has 0 N–H and O–H groups in total. The predicted molar refractivity (Wildman–Crippen MR) is 58.2 cm³/mol. The first-order valence-corrected chi connectivity index (χ1v) is 5.47. The van der Waals surface area contributed by atoms with Crippen LogP contribution in [0, 0.1) is 5.41 Å². The standard InChI is InChI=1S/C11H22N2/c1-5-11(4,6-2)10-12-8-9-13(10)7-3/h5-9H2,1-4H3. The lowest BCUT2D eigenvalue weighted by Crippen LogP contribution is -2.39. The summed E-state index contributed by atoms with van der Waals surface area (Å²) in [6.07, 6.45) is 2.39. The first-order chi connectivity index (χ1) is 6.18. The molecule has 0 saturated carbocycles. The largest absolute Gasteiger partial charge is 0.358 e. The lowest BCUT2D eigenvalue weighted by atomic mass is 9.83. The second kappa shape index (κ2) is 4.12. The zero-order valence-electron chi connectivity index (χ0n) is 9.43. The number of rotatable bonds is 4. The van der Waals surface area contributed by atoms with Gasteiger partial charge in [-0.3, -0.25) is 4.99 Å². The molecule has 1 aliphatic heterocycles. The summed E-state index contributed by atoms with van der Waals surface area (Å²) >= 11 is 0. The molecule has 0 atom stereocenters. The maximum Gasteiger partial charge on any atom is 0.105 e. The third-order valence-electron chi connectivity index (χ3n) is 3.41. The van der Waals surface area contributed by atoms with Gasteiger partial charge in [0.2, 0.25) is 0 Å². The Morgan fingerprint density at radius 3 is 2.38 bits per heavy atom. The molecule has 0 fully saturated rings. The van der Waals surface area contributed by atoms with E-state index in [2.05, 4.69) is 37.6 Å². The maximum atomic E-state index is 4.64. The summed E-state index contributed by atoms with van der Waals surface area (Å²) in [5, 5.41) is 0. The molecule has 0 aromatic carbocycles. The average Bonchev–Trinajstić information content (AvgIpc) is 2.65. The van der Waals surface area contributed by atoms with Crippen LogP contribution in [0.5, 0.6) is 0 Å². The molecule has 0 saturated heterocycles. The number of nitrogens with zero attached hydrogens (tertiary/aromatic N) is 2. The summed E-state index contributed by atoms with van der Waals surface area (Å²) in [4.78, 5) is 7.07. The van der Waals surface area contributed by atoms with E-state index >= 15 is 0 Å². The van der Waals surface area contributed by atoms with Crippen molar-refractivity contribution in [3.63, 3.8) is 0 Å². The van der Waals surface area contributed by atoms with Gasteiger partial charge in [0, 0.05) is 18.5 Å². The molecule has 0 aromatic rings. The number of hydrogen-bond acceptors (Lipinski definition) is 2. The van der Waals surface area contributed by atoms with Crippen LogP contribution in [0.15, 0.2) is 4.99 Å². The number of amidine groups is 1. The Morgan fingerprint density at radius 1 is 1.31 bits per heavy atom. The van der Waals surface area contributed by atoms with Crippen molar-refractivity contribution in [2.24, 2.45) is 10.4 Å². The summed E-state index contributed by atoms with van der Waals surface area (Å²) in [7, 11) is 0. The molecule has 2 heteroatoms. The van der Waals surface area contributed by atoms with E-state index in [4.69, 9.17) is 0 Å². The Labute approximate surface area is 82.0 Å². The highest BCUT2D eigenvalue weighted by Gasteiger charge is 2.32. The van der Waals surface area contributed by atoms with Crippen molar-refractivity contribution in [2.45, 2.75) is 40.5 Å². The molecule has 0 spiro atoms. The van der Waals surface area contributed by atoms with Crippen LogP contribution in [-0.4, -0.2) is 30.4 Å². The molecule has 1 heterocycles. The average molecular weight is 182 g/mol. The third kappa shape index (κ3) is 1.87. The van der Waals surface area contributed by atoms with Gasteiger partial charge in [0.25, 0.3) is 0 Å². The first-order valence-electron chi connectivity index (χ1n) is 5.47. The summed E-state index contributed by atoms with van der Waals surface area (Å²) < 4.78 is 0. The van der Waals surface area contributed by atoms with Crippen LogP contribution in [0.25, 0.3) is 0 Å². The van der Waals surface area contributed by atoms with E-state index in [9.17, 15) is 0 Å². The highest BCUT2D eigenvalue weighted by atomic mass is 15.2. The number of likely N-dealkylation sites (N-methyl/N-ethyl adjacent to an activating group) is 1. The molecule has 0 bridgehead atoms. The van der Waals surface area contributed by atoms with E-state index in [1.807, 2.05) is 0 Å². The van der Waals surface area contributed by atoms with Crippen molar-refractivity contribution in [3.8, 4) is 0 Å². The quantitative estimate of drug-likeness (QED) is 0.652. The van der Waals surface area contributed by atoms with Crippen LogP contribution in [0.4, 0.5) is 0 Å². The van der Waals surface area contributed by atoms with Gasteiger partial charge in [-0.05, 0) is 19.8 Å². The van der Waals surface area contributed by atoms with Crippen molar-refractivity contribution in [1.82, 2.24) is 4.90 Å². The fourth-order valence-corrected chi connectivity index (χ4v) is 1.93. The number of aliphatic imine (C=N–C) groups is 1. The smallest absolute Gasteiger partial charge is 0.105 e. The van der Waals surface area contributed by atoms with Crippen LogP contribution in [-0.2, 0) is 0 Å². The molecule has 0 aromatic heterocycles. The predicted octanol–water partition coefficient (Wildman–Crippen LogP) is 2.55. The monoisotopic (exact) mass is 182 g/mol. The third-order valence-corrected chi connectivity index (χ3v) is 3.41. The highest BCUT2D eigenvalue weighted by Crippen LogP contribution is 2.30. The van der Waals surface area contributed by atoms with Gasteiger partial charge in [0.15, 0.2) is 0 Å². The summed E-state index contributed by atoms with van der Waals surface area (Å²) in [5.41, 5.74) is 0.312. The molecule has 1 rings (SSSR count). The Balaban J connectivity index is 2.79. The SMILES string of the molecule is CCN1CCN=C1C(C)(CC)CC. The van der Waals surface area contributed by atoms with Crippen LogP contribution >= 0.6 is 0 Å². The molecule has 2 nitrogen and oxygen atoms in total. The lowest BCUT2D eigenvalue weighted by Gasteiger charge is -2.33. The molecular formula is C11H22N2. The molecule has 76 valence electrons. The topological polar surface area (TPSA) is 15.6 Å². The van der Waals surface area contributed by atoms with Gasteiger partial charge >= 0.3 is 0 Å². The van der Waals surface area contributed by atoms with Crippen molar-refractivity contribution in [1.29, 1.82) is 0 Å². The first kappa shape index (κ1) is 10.6. The Morgan fingerprint density at radius 2 is 1.92 bits per heavy atom. The van der Waals surface area contributed by atoms with Gasteiger partial charge in [-0.1, -0.05) is 20.8 Å². The molecule has 13 heavy (non-hydrogen) atoms. The Kier molecular flexibility index (Phi) is 3.34. The lowest BCUT2D eigenvalue weighted by molar-refractivity contribution is 0.360. The summed E-state index contributed by atoms with van der Waals surface area (Å²) in [5.74, 6) is 1.35. The second-order valence-electron chi connectivity index (χ2n) is 4.05.